The van der Waals surface area contributed by atoms with Gasteiger partial charge in [0.15, 0.2) is 0 Å². The van der Waals surface area contributed by atoms with Crippen molar-refractivity contribution in [3.8, 4) is 0 Å². The molecule has 0 saturated carbocycles. The lowest BCUT2D eigenvalue weighted by Crippen LogP contribution is -2.29. The molecule has 0 radical (unpaired) electrons. The maximum absolute atomic E-state index is 5.23. The van der Waals surface area contributed by atoms with Crippen LogP contribution in [0.5, 0.6) is 0 Å². The number of methoxy groups -OCH3 is 1. The van der Waals surface area contributed by atoms with Crippen LogP contribution in [0.4, 0.5) is 0 Å². The first-order chi connectivity index (χ1) is 8.31. The lowest BCUT2D eigenvalue weighted by molar-refractivity contribution is 0.118. The van der Waals surface area contributed by atoms with Crippen LogP contribution in [0.1, 0.15) is 25.3 Å². The Balaban J connectivity index is 2.08. The number of ether oxygens (including phenoxy) is 1. The second kappa shape index (κ2) is 5.82. The van der Waals surface area contributed by atoms with E-state index < -0.39 is 0 Å². The lowest BCUT2D eigenvalue weighted by Gasteiger charge is -2.21. The first-order valence-corrected chi connectivity index (χ1v) is 6.17. The fourth-order valence-electron chi connectivity index (χ4n) is 2.24. The zero-order valence-electron chi connectivity index (χ0n) is 10.6. The van der Waals surface area contributed by atoms with E-state index >= 15 is 0 Å². The summed E-state index contributed by atoms with van der Waals surface area (Å²) in [5.41, 5.74) is 2.27. The van der Waals surface area contributed by atoms with Gasteiger partial charge in [0.2, 0.25) is 0 Å². The van der Waals surface area contributed by atoms with E-state index in [1.807, 2.05) is 18.2 Å². The summed E-state index contributed by atoms with van der Waals surface area (Å²) in [4.78, 5) is 0. The van der Waals surface area contributed by atoms with Gasteiger partial charge in [-0.05, 0) is 25.3 Å². The van der Waals surface area contributed by atoms with Crippen LogP contribution in [0.3, 0.4) is 0 Å². The average Bonchev–Trinajstić information content (AvgIpc) is 2.78. The Kier molecular flexibility index (Phi) is 4.15. The Morgan fingerprint density at radius 2 is 2.18 bits per heavy atom. The number of rotatable bonds is 4. The van der Waals surface area contributed by atoms with Gasteiger partial charge in [0, 0.05) is 13.7 Å². The van der Waals surface area contributed by atoms with E-state index in [9.17, 15) is 0 Å². The zero-order chi connectivity index (χ0) is 12.1. The molecule has 0 aliphatic carbocycles. The fraction of sp³-hybridized carbons (Fsp3) is 0.500. The van der Waals surface area contributed by atoms with E-state index in [4.69, 9.17) is 9.84 Å². The molecule has 1 aliphatic rings. The highest BCUT2D eigenvalue weighted by atomic mass is 16.5. The van der Waals surface area contributed by atoms with Crippen LogP contribution >= 0.6 is 0 Å². The summed E-state index contributed by atoms with van der Waals surface area (Å²) in [5.74, 6) is 0. The molecule has 1 aromatic carbocycles. The van der Waals surface area contributed by atoms with Gasteiger partial charge in [0.1, 0.15) is 0 Å². The molecule has 92 valence electrons. The predicted molar refractivity (Wildman–Crippen MR) is 70.3 cm³/mol. The first-order valence-electron chi connectivity index (χ1n) is 6.17. The summed E-state index contributed by atoms with van der Waals surface area (Å²) < 4.78 is 5.23. The minimum atomic E-state index is 0.443. The fourth-order valence-corrected chi connectivity index (χ4v) is 2.24. The number of benzene rings is 1. The molecular formula is C14H20N2O. The molecule has 1 fully saturated rings. The predicted octanol–water partition coefficient (Wildman–Crippen LogP) is 2.52. The van der Waals surface area contributed by atoms with Gasteiger partial charge in [-0.3, -0.25) is 5.01 Å². The van der Waals surface area contributed by atoms with Crippen LogP contribution in [0, 0.1) is 0 Å². The minimum Gasteiger partial charge on any atom is -0.382 e. The van der Waals surface area contributed by atoms with Crippen molar-refractivity contribution in [3.63, 3.8) is 0 Å². The Bertz CT molecular complexity index is 375. The number of hydrogen-bond acceptors (Lipinski definition) is 3. The standard InChI is InChI=1S/C14H20N2O/c1-12(13-7-4-3-5-8-13)15-16-10-6-9-14(16)11-17-2/h3-5,7-8,14H,6,9-11H2,1-2H3/b15-12+/t14-/m1/s1. The highest BCUT2D eigenvalue weighted by Gasteiger charge is 2.23. The molecule has 3 nitrogen and oxygen atoms in total. The van der Waals surface area contributed by atoms with Crippen LogP contribution in [-0.2, 0) is 4.74 Å². The summed E-state index contributed by atoms with van der Waals surface area (Å²) in [5, 5.41) is 6.89. The third-order valence-corrected chi connectivity index (χ3v) is 3.18. The topological polar surface area (TPSA) is 24.8 Å². The van der Waals surface area contributed by atoms with E-state index in [1.54, 1.807) is 7.11 Å². The van der Waals surface area contributed by atoms with Crippen LogP contribution in [-0.4, -0.2) is 37.0 Å². The molecule has 0 N–H and O–H groups in total. The van der Waals surface area contributed by atoms with E-state index in [1.165, 1.54) is 18.4 Å². The maximum Gasteiger partial charge on any atom is 0.0704 e. The molecule has 1 aromatic rings. The van der Waals surface area contributed by atoms with Gasteiger partial charge in [-0.1, -0.05) is 30.3 Å². The smallest absolute Gasteiger partial charge is 0.0704 e. The van der Waals surface area contributed by atoms with Crippen LogP contribution in [0.15, 0.2) is 35.4 Å². The minimum absolute atomic E-state index is 0.443. The number of hydrazone groups is 1. The number of nitrogens with zero attached hydrogens (tertiary/aromatic N) is 2. The van der Waals surface area contributed by atoms with Crippen molar-refractivity contribution in [3.05, 3.63) is 35.9 Å². The van der Waals surface area contributed by atoms with E-state index in [2.05, 4.69) is 24.1 Å². The third-order valence-electron chi connectivity index (χ3n) is 3.18. The summed E-state index contributed by atoms with van der Waals surface area (Å²) in [6.45, 7) is 3.88. The summed E-state index contributed by atoms with van der Waals surface area (Å²) in [6, 6.07) is 10.8. The SMILES string of the molecule is COC[C@H]1CCCN1/N=C(\C)c1ccccc1. The summed E-state index contributed by atoms with van der Waals surface area (Å²) >= 11 is 0. The van der Waals surface area contributed by atoms with Gasteiger partial charge in [-0.25, -0.2) is 0 Å². The first kappa shape index (κ1) is 12.1. The van der Waals surface area contributed by atoms with Gasteiger partial charge < -0.3 is 4.74 Å². The monoisotopic (exact) mass is 232 g/mol. The molecular weight excluding hydrogens is 212 g/mol. The van der Waals surface area contributed by atoms with Crippen LogP contribution in [0.2, 0.25) is 0 Å². The van der Waals surface area contributed by atoms with Crippen molar-refractivity contribution >= 4 is 5.71 Å². The van der Waals surface area contributed by atoms with E-state index in [0.29, 0.717) is 6.04 Å². The van der Waals surface area contributed by atoms with Gasteiger partial charge in [0.05, 0.1) is 18.4 Å². The molecule has 0 amide bonds. The number of hydrogen-bond donors (Lipinski definition) is 0. The van der Waals surface area contributed by atoms with E-state index in [-0.39, 0.29) is 0 Å². The largest absolute Gasteiger partial charge is 0.382 e. The summed E-state index contributed by atoms with van der Waals surface area (Å²) in [6.07, 6.45) is 2.39. The molecule has 0 aromatic heterocycles. The molecule has 1 saturated heterocycles. The van der Waals surface area contributed by atoms with Crippen LogP contribution in [0.25, 0.3) is 0 Å². The lowest BCUT2D eigenvalue weighted by atomic mass is 10.1. The van der Waals surface area contributed by atoms with Gasteiger partial charge in [-0.15, -0.1) is 0 Å². The molecule has 1 heterocycles. The Morgan fingerprint density at radius 3 is 2.88 bits per heavy atom. The highest BCUT2D eigenvalue weighted by Crippen LogP contribution is 2.18. The Hall–Kier alpha value is -1.35. The van der Waals surface area contributed by atoms with Crippen molar-refractivity contribution in [2.75, 3.05) is 20.3 Å². The van der Waals surface area contributed by atoms with Gasteiger partial charge in [0.25, 0.3) is 0 Å². The quantitative estimate of drug-likeness (QED) is 0.745. The molecule has 0 spiro atoms. The van der Waals surface area contributed by atoms with Gasteiger partial charge in [-0.2, -0.15) is 5.10 Å². The molecule has 0 bridgehead atoms. The average molecular weight is 232 g/mol. The normalized spacial score (nSPS) is 20.9. The van der Waals surface area contributed by atoms with Crippen molar-refractivity contribution in [2.45, 2.75) is 25.8 Å². The molecule has 1 atom stereocenters. The second-order valence-corrected chi connectivity index (χ2v) is 4.47. The van der Waals surface area contributed by atoms with Crippen molar-refractivity contribution in [2.24, 2.45) is 5.10 Å². The molecule has 1 aliphatic heterocycles. The second-order valence-electron chi connectivity index (χ2n) is 4.47. The summed E-state index contributed by atoms with van der Waals surface area (Å²) in [7, 11) is 1.75. The van der Waals surface area contributed by atoms with Crippen molar-refractivity contribution in [1.29, 1.82) is 0 Å². The third kappa shape index (κ3) is 3.07. The Morgan fingerprint density at radius 1 is 1.41 bits per heavy atom. The zero-order valence-corrected chi connectivity index (χ0v) is 10.6. The van der Waals surface area contributed by atoms with Crippen LogP contribution < -0.4 is 0 Å². The van der Waals surface area contributed by atoms with Crippen molar-refractivity contribution in [1.82, 2.24) is 5.01 Å². The molecule has 2 rings (SSSR count). The van der Waals surface area contributed by atoms with Gasteiger partial charge >= 0.3 is 0 Å². The Labute approximate surface area is 103 Å². The van der Waals surface area contributed by atoms with E-state index in [0.717, 1.165) is 18.9 Å². The maximum atomic E-state index is 5.23. The molecule has 0 unspecified atom stereocenters. The highest BCUT2D eigenvalue weighted by molar-refractivity contribution is 5.98. The molecule has 3 heteroatoms. The van der Waals surface area contributed by atoms with Crippen molar-refractivity contribution < 1.29 is 4.74 Å². The molecule has 17 heavy (non-hydrogen) atoms.